The average molecular weight is 460 g/mol. The van der Waals surface area contributed by atoms with Gasteiger partial charge in [0.2, 0.25) is 5.95 Å². The minimum Gasteiger partial charge on any atom is -0.348 e. The molecule has 0 saturated carbocycles. The highest BCUT2D eigenvalue weighted by Gasteiger charge is 2.34. The molecule has 0 spiro atoms. The molecule has 1 atom stereocenters. The van der Waals surface area contributed by atoms with Crippen LogP contribution >= 0.6 is 0 Å². The normalized spacial score (nSPS) is 19.1. The zero-order valence-corrected chi connectivity index (χ0v) is 19.2. The summed E-state index contributed by atoms with van der Waals surface area (Å²) >= 11 is 0. The molecule has 1 aliphatic rings. The molecule has 1 aromatic heterocycles. The van der Waals surface area contributed by atoms with E-state index in [1.807, 2.05) is 6.92 Å². The van der Waals surface area contributed by atoms with Crippen LogP contribution in [-0.2, 0) is 6.18 Å². The van der Waals surface area contributed by atoms with Gasteiger partial charge >= 0.3 is 6.18 Å². The van der Waals surface area contributed by atoms with Crippen LogP contribution in [0.5, 0.6) is 0 Å². The van der Waals surface area contributed by atoms with E-state index in [0.717, 1.165) is 56.0 Å². The molecular formula is C26H29F4N3. The van der Waals surface area contributed by atoms with Gasteiger partial charge in [-0.3, -0.25) is 0 Å². The van der Waals surface area contributed by atoms with Gasteiger partial charge < -0.3 is 10.6 Å². The topological polar surface area (TPSA) is 37.0 Å². The molecule has 1 saturated heterocycles. The van der Waals surface area contributed by atoms with E-state index in [2.05, 4.69) is 41.8 Å². The Labute approximate surface area is 192 Å². The lowest BCUT2D eigenvalue weighted by atomic mass is 9.83. The van der Waals surface area contributed by atoms with Crippen LogP contribution in [0.4, 0.5) is 23.2 Å². The van der Waals surface area contributed by atoms with E-state index >= 15 is 0 Å². The minimum absolute atomic E-state index is 0.145. The van der Waals surface area contributed by atoms with Crippen molar-refractivity contribution < 1.29 is 17.6 Å². The Balaban J connectivity index is 2.08. The predicted octanol–water partition coefficient (Wildman–Crippen LogP) is 7.25. The first kappa shape index (κ1) is 24.7. The number of halogens is 4. The first-order valence-corrected chi connectivity index (χ1v) is 11.0. The Morgan fingerprint density at radius 1 is 1.27 bits per heavy atom. The first-order chi connectivity index (χ1) is 15.6. The van der Waals surface area contributed by atoms with E-state index in [0.29, 0.717) is 16.9 Å². The van der Waals surface area contributed by atoms with Crippen LogP contribution < -0.4 is 10.6 Å². The molecule has 3 rings (SSSR count). The van der Waals surface area contributed by atoms with E-state index in [1.165, 1.54) is 23.9 Å². The van der Waals surface area contributed by atoms with Crippen LogP contribution in [0.25, 0.3) is 11.1 Å². The van der Waals surface area contributed by atoms with Gasteiger partial charge in [-0.05, 0) is 81.1 Å². The van der Waals surface area contributed by atoms with E-state index in [-0.39, 0.29) is 11.1 Å². The standard InChI is InChI=1S/C26H29F4N3/c1-5-8-21(25(4)13-7-14-32-25)17(3)22(6-2)33-23-11-10-19(26(28,29)30)15-20(23)18-9-12-24(27)31-16-18/h9-12,15-16,32-33H,2,5,7-8,13-14H2,1,3-4H3/b21-17+. The van der Waals surface area contributed by atoms with Gasteiger partial charge in [0.15, 0.2) is 0 Å². The fourth-order valence-electron chi connectivity index (χ4n) is 4.44. The van der Waals surface area contributed by atoms with Crippen LogP contribution in [0.1, 0.15) is 52.0 Å². The number of aromatic nitrogens is 1. The molecule has 1 aromatic carbocycles. The third-order valence-electron chi connectivity index (χ3n) is 6.18. The summed E-state index contributed by atoms with van der Waals surface area (Å²) in [5, 5.41) is 6.83. The molecule has 7 heteroatoms. The maximum Gasteiger partial charge on any atom is 0.416 e. The molecule has 0 radical (unpaired) electrons. The number of pyridine rings is 1. The molecule has 1 fully saturated rings. The Morgan fingerprint density at radius 2 is 2.03 bits per heavy atom. The van der Waals surface area contributed by atoms with Crippen LogP contribution in [-0.4, -0.2) is 17.1 Å². The highest BCUT2D eigenvalue weighted by molar-refractivity contribution is 5.80. The van der Waals surface area contributed by atoms with Crippen molar-refractivity contribution in [2.24, 2.45) is 0 Å². The molecule has 1 aliphatic heterocycles. The summed E-state index contributed by atoms with van der Waals surface area (Å²) in [5.41, 5.74) is 5.86. The van der Waals surface area contributed by atoms with E-state index in [4.69, 9.17) is 0 Å². The molecule has 33 heavy (non-hydrogen) atoms. The number of anilines is 1. The van der Waals surface area contributed by atoms with Crippen molar-refractivity contribution in [1.82, 2.24) is 10.3 Å². The van der Waals surface area contributed by atoms with Gasteiger partial charge in [0.05, 0.1) is 11.3 Å². The molecule has 3 nitrogen and oxygen atoms in total. The number of nitrogens with zero attached hydrogens (tertiary/aromatic N) is 1. The van der Waals surface area contributed by atoms with Crippen LogP contribution in [0, 0.1) is 5.95 Å². The summed E-state index contributed by atoms with van der Waals surface area (Å²) in [6.45, 7) is 11.0. The van der Waals surface area contributed by atoms with Crippen LogP contribution in [0.15, 0.2) is 65.7 Å². The summed E-state index contributed by atoms with van der Waals surface area (Å²) in [4.78, 5) is 3.61. The number of hydrogen-bond donors (Lipinski definition) is 2. The molecule has 176 valence electrons. The number of nitrogens with one attached hydrogen (secondary N) is 2. The molecule has 0 amide bonds. The summed E-state index contributed by atoms with van der Waals surface area (Å²) in [5.74, 6) is -0.702. The van der Waals surface area contributed by atoms with Gasteiger partial charge in [0.25, 0.3) is 0 Å². The van der Waals surface area contributed by atoms with Gasteiger partial charge in [-0.25, -0.2) is 4.98 Å². The lowest BCUT2D eigenvalue weighted by molar-refractivity contribution is -0.137. The monoisotopic (exact) mass is 459 g/mol. The minimum atomic E-state index is -4.51. The molecule has 0 bridgehead atoms. The van der Waals surface area contributed by atoms with Crippen molar-refractivity contribution in [2.45, 2.75) is 58.2 Å². The molecule has 2 N–H and O–H groups in total. The number of allylic oxidation sites excluding steroid dienone is 1. The van der Waals surface area contributed by atoms with E-state index in [9.17, 15) is 17.6 Å². The summed E-state index contributed by atoms with van der Waals surface area (Å²) in [7, 11) is 0. The van der Waals surface area contributed by atoms with E-state index in [1.54, 1.807) is 0 Å². The third kappa shape index (κ3) is 5.55. The van der Waals surface area contributed by atoms with Crippen LogP contribution in [0.3, 0.4) is 0 Å². The zero-order valence-electron chi connectivity index (χ0n) is 19.2. The fourth-order valence-corrected chi connectivity index (χ4v) is 4.44. The largest absolute Gasteiger partial charge is 0.416 e. The highest BCUT2D eigenvalue weighted by Crippen LogP contribution is 2.38. The zero-order chi connectivity index (χ0) is 24.2. The quantitative estimate of drug-likeness (QED) is 0.198. The van der Waals surface area contributed by atoms with Gasteiger partial charge in [0.1, 0.15) is 0 Å². The predicted molar refractivity (Wildman–Crippen MR) is 124 cm³/mol. The van der Waals surface area contributed by atoms with Crippen molar-refractivity contribution >= 4 is 5.69 Å². The van der Waals surface area contributed by atoms with Crippen molar-refractivity contribution in [3.05, 3.63) is 77.2 Å². The first-order valence-electron chi connectivity index (χ1n) is 11.0. The number of rotatable bonds is 7. The Bertz CT molecular complexity index is 1070. The maximum absolute atomic E-state index is 13.4. The van der Waals surface area contributed by atoms with Crippen molar-refractivity contribution in [1.29, 1.82) is 0 Å². The highest BCUT2D eigenvalue weighted by atomic mass is 19.4. The van der Waals surface area contributed by atoms with E-state index < -0.39 is 17.7 Å². The summed E-state index contributed by atoms with van der Waals surface area (Å²) < 4.78 is 53.6. The van der Waals surface area contributed by atoms with Crippen molar-refractivity contribution in [2.75, 3.05) is 11.9 Å². The average Bonchev–Trinajstić information content (AvgIpc) is 3.22. The summed E-state index contributed by atoms with van der Waals surface area (Å²) in [6, 6.07) is 5.98. The molecule has 0 aliphatic carbocycles. The Morgan fingerprint density at radius 3 is 2.58 bits per heavy atom. The maximum atomic E-state index is 13.4. The second-order valence-corrected chi connectivity index (χ2v) is 8.52. The van der Waals surface area contributed by atoms with Gasteiger partial charge in [-0.15, -0.1) is 5.73 Å². The van der Waals surface area contributed by atoms with Gasteiger partial charge in [-0.1, -0.05) is 19.9 Å². The number of alkyl halides is 3. The fraction of sp³-hybridized carbons (Fsp3) is 0.385. The lowest BCUT2D eigenvalue weighted by Gasteiger charge is -2.31. The van der Waals surface area contributed by atoms with Gasteiger partial charge in [0, 0.05) is 28.6 Å². The molecule has 2 aromatic rings. The van der Waals surface area contributed by atoms with Gasteiger partial charge in [-0.2, -0.15) is 17.6 Å². The van der Waals surface area contributed by atoms with Crippen LogP contribution in [0.2, 0.25) is 0 Å². The number of benzene rings is 1. The Kier molecular flexibility index (Phi) is 7.45. The molecule has 2 heterocycles. The van der Waals surface area contributed by atoms with Crippen molar-refractivity contribution in [3.63, 3.8) is 0 Å². The molecule has 1 unspecified atom stereocenters. The third-order valence-corrected chi connectivity index (χ3v) is 6.18. The second-order valence-electron chi connectivity index (χ2n) is 8.52. The SMILES string of the molecule is C=C=C(Nc1ccc(C(F)(F)F)cc1-c1ccc(F)nc1)/C(C)=C(\CCC)C1(C)CCCN1. The smallest absolute Gasteiger partial charge is 0.348 e. The Hall–Kier alpha value is -2.89. The summed E-state index contributed by atoms with van der Waals surface area (Å²) in [6.07, 6.45) is 0.646. The number of hydrogen-bond acceptors (Lipinski definition) is 3. The van der Waals surface area contributed by atoms with Crippen molar-refractivity contribution in [3.8, 4) is 11.1 Å². The lowest BCUT2D eigenvalue weighted by Crippen LogP contribution is -2.39. The second kappa shape index (κ2) is 9.94. The molecular weight excluding hydrogens is 430 g/mol.